The quantitative estimate of drug-likeness (QED) is 0.132. The highest BCUT2D eigenvalue weighted by molar-refractivity contribution is 7.80. The van der Waals surface area contributed by atoms with Crippen molar-refractivity contribution in [3.8, 4) is 0 Å². The molecule has 0 fully saturated rings. The van der Waals surface area contributed by atoms with Crippen molar-refractivity contribution in [2.75, 3.05) is 11.9 Å². The Kier molecular flexibility index (Phi) is 10.3. The third-order valence-electron chi connectivity index (χ3n) is 4.11. The van der Waals surface area contributed by atoms with E-state index in [4.69, 9.17) is 63.4 Å². The zero-order valence-electron chi connectivity index (χ0n) is 17.0. The van der Waals surface area contributed by atoms with E-state index in [0.717, 1.165) is 12.8 Å². The lowest BCUT2D eigenvalue weighted by Gasteiger charge is -2.28. The number of benzene rings is 2. The lowest BCUT2D eigenvalue weighted by atomic mass is 10.2. The molecule has 0 saturated carbocycles. The Labute approximate surface area is 211 Å². The molecular weight excluding hydrogens is 516 g/mol. The first-order chi connectivity index (χ1) is 15.1. The van der Waals surface area contributed by atoms with Crippen molar-refractivity contribution in [1.29, 1.82) is 0 Å². The minimum atomic E-state index is -1.92. The number of rotatable bonds is 8. The van der Waals surface area contributed by atoms with Crippen molar-refractivity contribution < 1.29 is 14.3 Å². The van der Waals surface area contributed by atoms with Gasteiger partial charge in [0, 0.05) is 5.69 Å². The summed E-state index contributed by atoms with van der Waals surface area (Å²) in [6.07, 6.45) is 0.584. The molecule has 0 spiro atoms. The highest BCUT2D eigenvalue weighted by atomic mass is 35.6. The number of carbonyl (C=O) groups is 2. The van der Waals surface area contributed by atoms with E-state index in [0.29, 0.717) is 17.9 Å². The first kappa shape index (κ1) is 26.5. The van der Waals surface area contributed by atoms with E-state index in [1.165, 1.54) is 0 Å². The molecule has 0 aliphatic heterocycles. The lowest BCUT2D eigenvalue weighted by Crippen LogP contribution is -2.56. The predicted molar refractivity (Wildman–Crippen MR) is 134 cm³/mol. The number of halogens is 4. The molecule has 1 unspecified atom stereocenters. The van der Waals surface area contributed by atoms with Crippen molar-refractivity contribution in [2.24, 2.45) is 0 Å². The topological polar surface area (TPSA) is 79.5 Å². The molecule has 0 aliphatic carbocycles. The fraction of sp³-hybridized carbons (Fsp3) is 0.286. The molecule has 1 amide bonds. The first-order valence-electron chi connectivity index (χ1n) is 9.58. The largest absolute Gasteiger partial charge is 0.462 e. The van der Waals surface area contributed by atoms with Crippen LogP contribution in [0.1, 0.15) is 40.5 Å². The van der Waals surface area contributed by atoms with Gasteiger partial charge >= 0.3 is 5.97 Å². The number of thiocarbonyl (C=S) groups is 1. The van der Waals surface area contributed by atoms with Gasteiger partial charge in [0.05, 0.1) is 22.8 Å². The maximum Gasteiger partial charge on any atom is 0.338 e. The molecule has 2 aromatic rings. The Hall–Kier alpha value is -1.77. The number of ether oxygens (including phenoxy) is 1. The second-order valence-corrected chi connectivity index (χ2v) is 9.78. The van der Waals surface area contributed by atoms with Gasteiger partial charge in [-0.1, -0.05) is 71.9 Å². The summed E-state index contributed by atoms with van der Waals surface area (Å²) in [6, 6.07) is 13.0. The standard InChI is InChI=1S/C21H21Cl4N3O3S/c1-2-3-12-31-18(30)13-8-10-14(11-9-13)26-20(32)28-19(21(23,24)25)27-17(29)15-6-4-5-7-16(15)22/h4-11,19H,2-3,12H2,1H3,(H,27,29)(H2,26,28,32). The van der Waals surface area contributed by atoms with Crippen LogP contribution in [-0.2, 0) is 4.74 Å². The van der Waals surface area contributed by atoms with Gasteiger partial charge in [-0.05, 0) is 55.0 Å². The zero-order chi connectivity index (χ0) is 23.7. The second kappa shape index (κ2) is 12.5. The molecule has 3 N–H and O–H groups in total. The number of unbranched alkanes of at least 4 members (excludes halogenated alkanes) is 1. The molecule has 0 saturated heterocycles. The first-order valence-corrected chi connectivity index (χ1v) is 11.5. The Morgan fingerprint density at radius 1 is 1.06 bits per heavy atom. The summed E-state index contributed by atoms with van der Waals surface area (Å²) in [4.78, 5) is 24.5. The van der Waals surface area contributed by atoms with Gasteiger partial charge in [0.2, 0.25) is 3.79 Å². The minimum absolute atomic E-state index is 0.0825. The maximum absolute atomic E-state index is 12.5. The van der Waals surface area contributed by atoms with Gasteiger partial charge in [-0.15, -0.1) is 0 Å². The van der Waals surface area contributed by atoms with E-state index in [1.807, 2.05) is 6.92 Å². The highest BCUT2D eigenvalue weighted by Gasteiger charge is 2.35. The van der Waals surface area contributed by atoms with Crippen molar-refractivity contribution in [2.45, 2.75) is 29.7 Å². The van der Waals surface area contributed by atoms with Crippen LogP contribution in [0.2, 0.25) is 5.02 Å². The van der Waals surface area contributed by atoms with Crippen LogP contribution in [0.25, 0.3) is 0 Å². The number of hydrogen-bond acceptors (Lipinski definition) is 4. The van der Waals surface area contributed by atoms with Gasteiger partial charge in [-0.3, -0.25) is 4.79 Å². The Bertz CT molecular complexity index is 952. The average Bonchev–Trinajstić information content (AvgIpc) is 2.73. The van der Waals surface area contributed by atoms with Gasteiger partial charge in [0.15, 0.2) is 5.11 Å². The predicted octanol–water partition coefficient (Wildman–Crippen LogP) is 5.71. The van der Waals surface area contributed by atoms with Gasteiger partial charge < -0.3 is 20.7 Å². The fourth-order valence-corrected chi connectivity index (χ4v) is 3.22. The molecule has 0 bridgehead atoms. The number of nitrogens with one attached hydrogen (secondary N) is 3. The number of alkyl halides is 3. The second-order valence-electron chi connectivity index (χ2n) is 6.59. The maximum atomic E-state index is 12.5. The number of hydrogen-bond donors (Lipinski definition) is 3. The summed E-state index contributed by atoms with van der Waals surface area (Å²) < 4.78 is 3.25. The Morgan fingerprint density at radius 3 is 2.31 bits per heavy atom. The van der Waals surface area contributed by atoms with Crippen LogP contribution < -0.4 is 16.0 Å². The SMILES string of the molecule is CCCCOC(=O)c1ccc(NC(=S)NC(NC(=O)c2ccccc2Cl)C(Cl)(Cl)Cl)cc1. The van der Waals surface area contributed by atoms with Gasteiger partial charge in [0.1, 0.15) is 6.17 Å². The summed E-state index contributed by atoms with van der Waals surface area (Å²) in [5, 5.41) is 8.55. The van der Waals surface area contributed by atoms with E-state index in [1.54, 1.807) is 48.5 Å². The van der Waals surface area contributed by atoms with E-state index in [2.05, 4.69) is 16.0 Å². The molecule has 0 aromatic heterocycles. The average molecular weight is 537 g/mol. The zero-order valence-corrected chi connectivity index (χ0v) is 20.8. The molecule has 11 heteroatoms. The molecule has 0 heterocycles. The van der Waals surface area contributed by atoms with Crippen LogP contribution in [-0.4, -0.2) is 33.6 Å². The van der Waals surface area contributed by atoms with Crippen LogP contribution in [0, 0.1) is 0 Å². The van der Waals surface area contributed by atoms with Crippen LogP contribution in [0.5, 0.6) is 0 Å². The normalized spacial score (nSPS) is 11.9. The number of esters is 1. The third-order valence-corrected chi connectivity index (χ3v) is 5.31. The van der Waals surface area contributed by atoms with Crippen LogP contribution in [0.3, 0.4) is 0 Å². The Morgan fingerprint density at radius 2 is 1.72 bits per heavy atom. The lowest BCUT2D eigenvalue weighted by molar-refractivity contribution is 0.0499. The highest BCUT2D eigenvalue weighted by Crippen LogP contribution is 2.29. The molecule has 32 heavy (non-hydrogen) atoms. The molecule has 2 aromatic carbocycles. The van der Waals surface area contributed by atoms with Gasteiger partial charge in [-0.25, -0.2) is 4.79 Å². The van der Waals surface area contributed by atoms with Crippen LogP contribution in [0.15, 0.2) is 48.5 Å². The Balaban J connectivity index is 1.99. The smallest absolute Gasteiger partial charge is 0.338 e. The number of amides is 1. The van der Waals surface area contributed by atoms with Crippen molar-refractivity contribution in [3.05, 3.63) is 64.7 Å². The molecule has 172 valence electrons. The van der Waals surface area contributed by atoms with E-state index in [-0.39, 0.29) is 15.7 Å². The van der Waals surface area contributed by atoms with E-state index < -0.39 is 21.8 Å². The fourth-order valence-electron chi connectivity index (χ4n) is 2.43. The summed E-state index contributed by atoms with van der Waals surface area (Å²) in [5.74, 6) is -0.947. The van der Waals surface area contributed by atoms with E-state index >= 15 is 0 Å². The molecule has 1 atom stereocenters. The molecule has 0 aliphatic rings. The molecule has 2 rings (SSSR count). The van der Waals surface area contributed by atoms with Crippen molar-refractivity contribution in [3.63, 3.8) is 0 Å². The molecule has 0 radical (unpaired) electrons. The van der Waals surface area contributed by atoms with Gasteiger partial charge in [-0.2, -0.15) is 0 Å². The van der Waals surface area contributed by atoms with Crippen LogP contribution >= 0.6 is 58.6 Å². The van der Waals surface area contributed by atoms with Gasteiger partial charge in [0.25, 0.3) is 5.91 Å². The van der Waals surface area contributed by atoms with Crippen LogP contribution in [0.4, 0.5) is 5.69 Å². The number of anilines is 1. The summed E-state index contributed by atoms with van der Waals surface area (Å²) in [5.41, 5.74) is 1.21. The molecular formula is C21H21Cl4N3O3S. The minimum Gasteiger partial charge on any atom is -0.462 e. The monoisotopic (exact) mass is 535 g/mol. The molecule has 6 nitrogen and oxygen atoms in total. The summed E-state index contributed by atoms with van der Waals surface area (Å²) in [7, 11) is 0. The van der Waals surface area contributed by atoms with Crippen molar-refractivity contribution >= 4 is 81.3 Å². The number of carbonyl (C=O) groups excluding carboxylic acids is 2. The third kappa shape index (κ3) is 8.30. The summed E-state index contributed by atoms with van der Waals surface area (Å²) in [6.45, 7) is 2.39. The van der Waals surface area contributed by atoms with E-state index in [9.17, 15) is 9.59 Å². The van der Waals surface area contributed by atoms with Crippen molar-refractivity contribution in [1.82, 2.24) is 10.6 Å². The summed E-state index contributed by atoms with van der Waals surface area (Å²) >= 11 is 29.3.